The number of aliphatic hydroxyl groups is 1. The normalized spacial score (nSPS) is 12.8. The van der Waals surface area contributed by atoms with E-state index >= 15 is 0 Å². The van der Waals surface area contributed by atoms with Crippen LogP contribution in [-0.4, -0.2) is 33.2 Å². The average molecular weight is 446 g/mol. The van der Waals surface area contributed by atoms with Crippen LogP contribution in [0, 0.1) is 11.8 Å². The topological polar surface area (TPSA) is 73.5 Å². The van der Waals surface area contributed by atoms with Crippen molar-refractivity contribution in [1.29, 1.82) is 0 Å². The van der Waals surface area contributed by atoms with Crippen LogP contribution in [0.15, 0.2) is 47.3 Å². The average Bonchev–Trinajstić information content (AvgIpc) is 3.02. The van der Waals surface area contributed by atoms with E-state index in [1.54, 1.807) is 28.8 Å². The third-order valence-electron chi connectivity index (χ3n) is 5.64. The maximum Gasteiger partial charge on any atom is 0.387 e. The largest absolute Gasteiger partial charge is 0.435 e. The molecule has 32 heavy (non-hydrogen) atoms. The number of Topliss-reactive ketones (excluding diaryl/α,β-unsaturated/α-hetero) is 1. The Hall–Kier alpha value is -3.00. The Labute approximate surface area is 185 Å². The molecule has 0 saturated heterocycles. The summed E-state index contributed by atoms with van der Waals surface area (Å²) < 4.78 is 32.8. The van der Waals surface area contributed by atoms with Gasteiger partial charge in [0.1, 0.15) is 5.75 Å². The molecule has 1 heterocycles. The fraction of sp³-hybridized carbons (Fsp3) is 0.417. The molecule has 0 aliphatic carbocycles. The molecule has 6 nitrogen and oxygen atoms in total. The zero-order valence-electron chi connectivity index (χ0n) is 18.6. The van der Waals surface area contributed by atoms with Crippen molar-refractivity contribution in [3.63, 3.8) is 0 Å². The third-order valence-corrected chi connectivity index (χ3v) is 5.64. The van der Waals surface area contributed by atoms with Crippen molar-refractivity contribution in [2.45, 2.75) is 46.8 Å². The number of benzene rings is 2. The minimum atomic E-state index is -2.97. The second-order valence-electron chi connectivity index (χ2n) is 8.48. The van der Waals surface area contributed by atoms with Crippen LogP contribution in [0.5, 0.6) is 5.75 Å². The summed E-state index contributed by atoms with van der Waals surface area (Å²) in [6.07, 6.45) is 0.208. The standard InChI is InChI=1S/C24H28F2N2O4/c1-14(2)17(13-29)11-22(30)16-8-9-20-21(10-16)27(15(3)4)24(31)28(20)18-6-5-7-19(12-18)32-23(25)26/h5-10,12,14-15,17,23,29H,11,13H2,1-4H3/t17-/m1/s1. The van der Waals surface area contributed by atoms with Crippen LogP contribution in [0.3, 0.4) is 0 Å². The van der Waals surface area contributed by atoms with Crippen molar-refractivity contribution < 1.29 is 23.4 Å². The lowest BCUT2D eigenvalue weighted by Gasteiger charge is -2.17. The number of alkyl halides is 2. The number of fused-ring (bicyclic) bond motifs is 1. The molecular weight excluding hydrogens is 418 g/mol. The number of ketones is 1. The Kier molecular flexibility index (Phi) is 7.13. The third kappa shape index (κ3) is 4.75. The van der Waals surface area contributed by atoms with E-state index in [0.717, 1.165) is 0 Å². The highest BCUT2D eigenvalue weighted by Crippen LogP contribution is 2.26. The number of rotatable bonds is 9. The molecular formula is C24H28F2N2O4. The molecule has 0 saturated carbocycles. The second-order valence-corrected chi connectivity index (χ2v) is 8.48. The van der Waals surface area contributed by atoms with E-state index in [9.17, 15) is 23.5 Å². The molecule has 0 radical (unpaired) electrons. The molecule has 8 heteroatoms. The number of aliphatic hydroxyl groups excluding tert-OH is 1. The lowest BCUT2D eigenvalue weighted by Crippen LogP contribution is -2.24. The summed E-state index contributed by atoms with van der Waals surface area (Å²) in [7, 11) is 0. The molecule has 1 atom stereocenters. The fourth-order valence-electron chi connectivity index (χ4n) is 3.81. The first kappa shape index (κ1) is 23.7. The Balaban J connectivity index is 2.12. The van der Waals surface area contributed by atoms with E-state index in [2.05, 4.69) is 4.74 Å². The Bertz CT molecular complexity index is 1160. The van der Waals surface area contributed by atoms with Gasteiger partial charge in [0.2, 0.25) is 0 Å². The predicted octanol–water partition coefficient (Wildman–Crippen LogP) is 4.81. The van der Waals surface area contributed by atoms with Crippen LogP contribution in [0.2, 0.25) is 0 Å². The summed E-state index contributed by atoms with van der Waals surface area (Å²) in [6, 6.07) is 10.8. The van der Waals surface area contributed by atoms with Gasteiger partial charge in [-0.1, -0.05) is 19.9 Å². The maximum atomic E-state index is 13.3. The van der Waals surface area contributed by atoms with E-state index in [1.807, 2.05) is 27.7 Å². The number of halogens is 2. The van der Waals surface area contributed by atoms with Gasteiger partial charge >= 0.3 is 12.3 Å². The van der Waals surface area contributed by atoms with Crippen LogP contribution in [0.1, 0.15) is 50.5 Å². The maximum absolute atomic E-state index is 13.3. The van der Waals surface area contributed by atoms with Gasteiger partial charge in [-0.25, -0.2) is 4.79 Å². The first-order chi connectivity index (χ1) is 15.1. The Morgan fingerprint density at radius 3 is 2.38 bits per heavy atom. The Morgan fingerprint density at radius 1 is 1.06 bits per heavy atom. The minimum Gasteiger partial charge on any atom is -0.435 e. The van der Waals surface area contributed by atoms with Crippen molar-refractivity contribution in [3.05, 3.63) is 58.5 Å². The van der Waals surface area contributed by atoms with Crippen LogP contribution >= 0.6 is 0 Å². The van der Waals surface area contributed by atoms with Gasteiger partial charge in [0.25, 0.3) is 0 Å². The monoisotopic (exact) mass is 446 g/mol. The molecule has 1 aromatic heterocycles. The van der Waals surface area contributed by atoms with Crippen molar-refractivity contribution in [3.8, 4) is 11.4 Å². The van der Waals surface area contributed by atoms with Crippen molar-refractivity contribution >= 4 is 16.8 Å². The first-order valence-corrected chi connectivity index (χ1v) is 10.6. The first-order valence-electron chi connectivity index (χ1n) is 10.6. The number of imidazole rings is 1. The van der Waals surface area contributed by atoms with Crippen molar-refractivity contribution in [2.24, 2.45) is 11.8 Å². The predicted molar refractivity (Wildman–Crippen MR) is 119 cm³/mol. The van der Waals surface area contributed by atoms with Gasteiger partial charge in [-0.05, 0) is 56.0 Å². The van der Waals surface area contributed by atoms with E-state index < -0.39 is 6.61 Å². The molecule has 1 N–H and O–H groups in total. The van der Waals surface area contributed by atoms with Gasteiger partial charge in [0, 0.05) is 30.7 Å². The van der Waals surface area contributed by atoms with Gasteiger partial charge in [-0.15, -0.1) is 0 Å². The van der Waals surface area contributed by atoms with E-state index in [1.165, 1.54) is 22.8 Å². The highest BCUT2D eigenvalue weighted by Gasteiger charge is 2.21. The quantitative estimate of drug-likeness (QED) is 0.479. The summed E-state index contributed by atoms with van der Waals surface area (Å²) in [5.74, 6) is -0.147. The zero-order valence-corrected chi connectivity index (χ0v) is 18.6. The number of carbonyl (C=O) groups excluding carboxylic acids is 1. The van der Waals surface area contributed by atoms with Crippen LogP contribution in [-0.2, 0) is 0 Å². The molecule has 172 valence electrons. The molecule has 2 aromatic carbocycles. The highest BCUT2D eigenvalue weighted by atomic mass is 19.3. The van der Waals surface area contributed by atoms with Gasteiger partial charge < -0.3 is 9.84 Å². The van der Waals surface area contributed by atoms with Gasteiger partial charge in [-0.3, -0.25) is 13.9 Å². The van der Waals surface area contributed by atoms with Gasteiger partial charge in [0.15, 0.2) is 5.78 Å². The minimum absolute atomic E-state index is 0.0506. The molecule has 0 aliphatic heterocycles. The molecule has 0 unspecified atom stereocenters. The van der Waals surface area contributed by atoms with Crippen molar-refractivity contribution in [2.75, 3.05) is 6.61 Å². The molecule has 0 bridgehead atoms. The molecule has 0 fully saturated rings. The van der Waals surface area contributed by atoms with Crippen LogP contribution in [0.25, 0.3) is 16.7 Å². The molecule has 0 spiro atoms. The lowest BCUT2D eigenvalue weighted by molar-refractivity contribution is -0.0498. The molecule has 0 aliphatic rings. The van der Waals surface area contributed by atoms with E-state index in [4.69, 9.17) is 0 Å². The summed E-state index contributed by atoms with van der Waals surface area (Å²) >= 11 is 0. The fourth-order valence-corrected chi connectivity index (χ4v) is 3.81. The number of carbonyl (C=O) groups is 1. The molecule has 3 aromatic rings. The smallest absolute Gasteiger partial charge is 0.387 e. The number of hydrogen-bond donors (Lipinski definition) is 1. The van der Waals surface area contributed by atoms with E-state index in [-0.39, 0.29) is 48.1 Å². The number of hydrogen-bond acceptors (Lipinski definition) is 4. The lowest BCUT2D eigenvalue weighted by atomic mass is 9.89. The zero-order chi connectivity index (χ0) is 23.6. The van der Waals surface area contributed by atoms with E-state index in [0.29, 0.717) is 22.3 Å². The van der Waals surface area contributed by atoms with Crippen molar-refractivity contribution in [1.82, 2.24) is 9.13 Å². The second kappa shape index (κ2) is 9.65. The SMILES string of the molecule is CC(C)[C@@H](CO)CC(=O)c1ccc2c(c1)n(C(C)C)c(=O)n2-c1cccc(OC(F)F)c1. The van der Waals surface area contributed by atoms with Crippen LogP contribution in [0.4, 0.5) is 8.78 Å². The molecule has 0 amide bonds. The van der Waals surface area contributed by atoms with Crippen LogP contribution < -0.4 is 10.4 Å². The highest BCUT2D eigenvalue weighted by molar-refractivity contribution is 5.99. The Morgan fingerprint density at radius 2 is 1.78 bits per heavy atom. The number of ether oxygens (including phenoxy) is 1. The number of nitrogens with zero attached hydrogens (tertiary/aromatic N) is 2. The summed E-state index contributed by atoms with van der Waals surface area (Å²) in [5, 5.41) is 9.57. The summed E-state index contributed by atoms with van der Waals surface area (Å²) in [4.78, 5) is 26.1. The summed E-state index contributed by atoms with van der Waals surface area (Å²) in [6.45, 7) is 4.59. The van der Waals surface area contributed by atoms with Gasteiger partial charge in [0.05, 0.1) is 16.7 Å². The number of aromatic nitrogens is 2. The van der Waals surface area contributed by atoms with Gasteiger partial charge in [-0.2, -0.15) is 8.78 Å². The summed E-state index contributed by atoms with van der Waals surface area (Å²) in [5.41, 5.74) is 1.62. The molecule has 3 rings (SSSR count).